The molecule has 0 radical (unpaired) electrons. The van der Waals surface area contributed by atoms with Crippen molar-refractivity contribution in [3.63, 3.8) is 0 Å². The number of hydrogen-bond donors (Lipinski definition) is 2. The third kappa shape index (κ3) is 4.66. The van der Waals surface area contributed by atoms with E-state index in [9.17, 15) is 4.79 Å². The predicted octanol–water partition coefficient (Wildman–Crippen LogP) is 3.64. The second-order valence-electron chi connectivity index (χ2n) is 6.24. The van der Waals surface area contributed by atoms with Crippen LogP contribution in [0.1, 0.15) is 32.7 Å². The average Bonchev–Trinajstić information content (AvgIpc) is 2.67. The lowest BCUT2D eigenvalue weighted by atomic mass is 10.1. The molecule has 0 aliphatic heterocycles. The van der Waals surface area contributed by atoms with Crippen LogP contribution in [0.2, 0.25) is 0 Å². The van der Waals surface area contributed by atoms with E-state index in [1.54, 1.807) is 6.07 Å². The van der Waals surface area contributed by atoms with Gasteiger partial charge in [-0.3, -0.25) is 4.79 Å². The first kappa shape index (κ1) is 17.6. The molecule has 2 N–H and O–H groups in total. The van der Waals surface area contributed by atoms with Gasteiger partial charge in [0.05, 0.1) is 0 Å². The number of benzene rings is 2. The first-order valence-corrected chi connectivity index (χ1v) is 8.56. The number of nitrogens with zero attached hydrogens (tertiary/aromatic N) is 2. The summed E-state index contributed by atoms with van der Waals surface area (Å²) in [5.41, 5.74) is 5.00. The summed E-state index contributed by atoms with van der Waals surface area (Å²) in [6.07, 6.45) is 1.40. The zero-order valence-corrected chi connectivity index (χ0v) is 15.0. The van der Waals surface area contributed by atoms with Crippen LogP contribution in [0.5, 0.6) is 0 Å². The van der Waals surface area contributed by atoms with Crippen molar-refractivity contribution in [2.24, 2.45) is 0 Å². The summed E-state index contributed by atoms with van der Waals surface area (Å²) < 4.78 is 0. The van der Waals surface area contributed by atoms with Crippen molar-refractivity contribution < 1.29 is 4.79 Å². The Kier molecular flexibility index (Phi) is 5.59. The molecule has 0 aliphatic carbocycles. The highest BCUT2D eigenvalue weighted by Crippen LogP contribution is 2.11. The van der Waals surface area contributed by atoms with Gasteiger partial charge in [-0.05, 0) is 30.5 Å². The van der Waals surface area contributed by atoms with Crippen LogP contribution < -0.4 is 10.6 Å². The summed E-state index contributed by atoms with van der Waals surface area (Å²) in [5.74, 6) is 0.413. The van der Waals surface area contributed by atoms with Gasteiger partial charge < -0.3 is 10.6 Å². The molecule has 0 saturated carbocycles. The maximum atomic E-state index is 12.3. The van der Waals surface area contributed by atoms with E-state index in [0.717, 1.165) is 5.56 Å². The van der Waals surface area contributed by atoms with E-state index in [1.807, 2.05) is 43.3 Å². The maximum absolute atomic E-state index is 12.3. The van der Waals surface area contributed by atoms with Crippen LogP contribution in [0.25, 0.3) is 0 Å². The van der Waals surface area contributed by atoms with Gasteiger partial charge in [-0.1, -0.05) is 54.1 Å². The molecule has 5 nitrogen and oxygen atoms in total. The number of nitrogens with one attached hydrogen (secondary N) is 2. The summed E-state index contributed by atoms with van der Waals surface area (Å²) in [7, 11) is 0. The number of carbonyl (C=O) groups is 1. The zero-order chi connectivity index (χ0) is 18.4. The highest BCUT2D eigenvalue weighted by molar-refractivity contribution is 5.92. The number of aromatic nitrogens is 2. The van der Waals surface area contributed by atoms with Crippen molar-refractivity contribution in [2.45, 2.75) is 26.9 Å². The van der Waals surface area contributed by atoms with E-state index in [-0.39, 0.29) is 5.91 Å². The Labute approximate surface area is 153 Å². The van der Waals surface area contributed by atoms with Gasteiger partial charge in [-0.15, -0.1) is 0 Å². The molecule has 3 aromatic rings. The van der Waals surface area contributed by atoms with Crippen LogP contribution in [0.4, 0.5) is 5.82 Å². The lowest BCUT2D eigenvalue weighted by Gasteiger charge is -2.09. The molecule has 5 heteroatoms. The van der Waals surface area contributed by atoms with Crippen LogP contribution in [0, 0.1) is 13.8 Å². The van der Waals surface area contributed by atoms with Gasteiger partial charge in [0.25, 0.3) is 5.91 Å². The molecular formula is C21H22N4O. The molecule has 0 saturated heterocycles. The van der Waals surface area contributed by atoms with Crippen LogP contribution in [-0.2, 0) is 13.1 Å². The summed E-state index contributed by atoms with van der Waals surface area (Å²) >= 11 is 0. The largest absolute Gasteiger partial charge is 0.366 e. The highest BCUT2D eigenvalue weighted by Gasteiger charge is 2.09. The number of amides is 1. The number of anilines is 1. The summed E-state index contributed by atoms with van der Waals surface area (Å²) in [5, 5.41) is 6.13. The van der Waals surface area contributed by atoms with Gasteiger partial charge in [0, 0.05) is 19.2 Å². The molecule has 132 valence electrons. The van der Waals surface area contributed by atoms with E-state index in [4.69, 9.17) is 0 Å². The number of aryl methyl sites for hydroxylation is 2. The Hall–Kier alpha value is -3.21. The first-order chi connectivity index (χ1) is 12.6. The number of carbonyl (C=O) groups excluding carboxylic acids is 1. The predicted molar refractivity (Wildman–Crippen MR) is 103 cm³/mol. The standard InChI is InChI=1S/C21H22N4O/c1-15-7-9-17(10-8-15)12-23-21(26)19-11-20(25-14-24-19)22-13-18-6-4-3-5-16(18)2/h3-11,14H,12-13H2,1-2H3,(H,23,26)(H,22,24,25). The van der Waals surface area contributed by atoms with E-state index in [0.29, 0.717) is 24.6 Å². The molecule has 3 rings (SSSR count). The minimum absolute atomic E-state index is 0.216. The fraction of sp³-hybridized carbons (Fsp3) is 0.190. The Balaban J connectivity index is 1.60. The topological polar surface area (TPSA) is 66.9 Å². The van der Waals surface area contributed by atoms with Gasteiger partial charge in [0.15, 0.2) is 0 Å². The van der Waals surface area contributed by atoms with E-state index < -0.39 is 0 Å². The van der Waals surface area contributed by atoms with Gasteiger partial charge in [-0.25, -0.2) is 9.97 Å². The van der Waals surface area contributed by atoms with Crippen LogP contribution in [0.15, 0.2) is 60.9 Å². The van der Waals surface area contributed by atoms with Gasteiger partial charge in [0.1, 0.15) is 17.8 Å². The minimum atomic E-state index is -0.216. The van der Waals surface area contributed by atoms with Crippen molar-refractivity contribution in [3.8, 4) is 0 Å². The SMILES string of the molecule is Cc1ccc(CNC(=O)c2cc(NCc3ccccc3C)ncn2)cc1. The molecular weight excluding hydrogens is 324 g/mol. The quantitative estimate of drug-likeness (QED) is 0.715. The normalized spacial score (nSPS) is 10.4. The average molecular weight is 346 g/mol. The number of hydrogen-bond acceptors (Lipinski definition) is 4. The summed E-state index contributed by atoms with van der Waals surface area (Å²) in [6, 6.07) is 17.9. The van der Waals surface area contributed by atoms with Crippen molar-refractivity contribution >= 4 is 11.7 Å². The van der Waals surface area contributed by atoms with Crippen LogP contribution >= 0.6 is 0 Å². The lowest BCUT2D eigenvalue weighted by Crippen LogP contribution is -2.24. The van der Waals surface area contributed by atoms with Crippen LogP contribution in [0.3, 0.4) is 0 Å². The Morgan fingerprint density at radius 1 is 0.962 bits per heavy atom. The number of rotatable bonds is 6. The molecule has 0 unspecified atom stereocenters. The van der Waals surface area contributed by atoms with Gasteiger partial charge in [-0.2, -0.15) is 0 Å². The van der Waals surface area contributed by atoms with Crippen molar-refractivity contribution in [1.29, 1.82) is 0 Å². The molecule has 26 heavy (non-hydrogen) atoms. The molecule has 1 amide bonds. The molecule has 0 aliphatic rings. The minimum Gasteiger partial charge on any atom is -0.366 e. The Bertz CT molecular complexity index is 891. The maximum Gasteiger partial charge on any atom is 0.270 e. The van der Waals surface area contributed by atoms with E-state index >= 15 is 0 Å². The van der Waals surface area contributed by atoms with Crippen LogP contribution in [-0.4, -0.2) is 15.9 Å². The molecule has 0 atom stereocenters. The molecule has 0 spiro atoms. The molecule has 0 fully saturated rings. The smallest absolute Gasteiger partial charge is 0.270 e. The highest BCUT2D eigenvalue weighted by atomic mass is 16.1. The Morgan fingerprint density at radius 3 is 2.50 bits per heavy atom. The van der Waals surface area contributed by atoms with Crippen molar-refractivity contribution in [3.05, 3.63) is 88.9 Å². The lowest BCUT2D eigenvalue weighted by molar-refractivity contribution is 0.0946. The fourth-order valence-electron chi connectivity index (χ4n) is 2.55. The Morgan fingerprint density at radius 2 is 1.73 bits per heavy atom. The third-order valence-corrected chi connectivity index (χ3v) is 4.19. The first-order valence-electron chi connectivity index (χ1n) is 8.56. The van der Waals surface area contributed by atoms with Gasteiger partial charge >= 0.3 is 0 Å². The third-order valence-electron chi connectivity index (χ3n) is 4.19. The molecule has 0 bridgehead atoms. The molecule has 1 aromatic heterocycles. The summed E-state index contributed by atoms with van der Waals surface area (Å²) in [6.45, 7) is 5.22. The molecule has 2 aromatic carbocycles. The van der Waals surface area contributed by atoms with Crippen molar-refractivity contribution in [1.82, 2.24) is 15.3 Å². The summed E-state index contributed by atoms with van der Waals surface area (Å²) in [4.78, 5) is 20.6. The second kappa shape index (κ2) is 8.25. The zero-order valence-electron chi connectivity index (χ0n) is 15.0. The van der Waals surface area contributed by atoms with E-state index in [2.05, 4.69) is 39.7 Å². The van der Waals surface area contributed by atoms with E-state index in [1.165, 1.54) is 23.0 Å². The molecule has 1 heterocycles. The monoisotopic (exact) mass is 346 g/mol. The fourth-order valence-corrected chi connectivity index (χ4v) is 2.55. The van der Waals surface area contributed by atoms with Gasteiger partial charge in [0.2, 0.25) is 0 Å². The second-order valence-corrected chi connectivity index (χ2v) is 6.24. The van der Waals surface area contributed by atoms with Crippen molar-refractivity contribution in [2.75, 3.05) is 5.32 Å².